The Balaban J connectivity index is 0.000000108. The predicted molar refractivity (Wildman–Crippen MR) is 625 cm³/mol. The Morgan fingerprint density at radius 1 is 0.167 bits per heavy atom. The van der Waals surface area contributed by atoms with Gasteiger partial charge in [0.1, 0.15) is 15.0 Å². The van der Waals surface area contributed by atoms with Gasteiger partial charge in [0.05, 0.1) is 30.6 Å². The lowest BCUT2D eigenvalue weighted by molar-refractivity contribution is 0.660. The maximum absolute atomic E-state index is 5.34. The average Bonchev–Trinajstić information content (AvgIpc) is 1.59. The topological polar surface area (TPSA) is 155 Å². The van der Waals surface area contributed by atoms with Crippen molar-refractivity contribution < 1.29 is 0 Å². The molecule has 6 aromatic heterocycles. The predicted octanol–water partition coefficient (Wildman–Crippen LogP) is 35.8. The van der Waals surface area contributed by atoms with E-state index in [1.165, 1.54) is 107 Å². The zero-order chi connectivity index (χ0) is 99.4. The summed E-state index contributed by atoms with van der Waals surface area (Å²) < 4.78 is 3.56. The van der Waals surface area contributed by atoms with Crippen LogP contribution in [0, 0.1) is 0 Å². The highest BCUT2D eigenvalue weighted by Crippen LogP contribution is 2.52. The molecular weight excluding hydrogens is 1890 g/mol. The molecular formula is C135H84N12S3. The van der Waals surface area contributed by atoms with Crippen molar-refractivity contribution in [2.45, 2.75) is 19.3 Å². The van der Waals surface area contributed by atoms with Crippen LogP contribution in [0.1, 0.15) is 25.0 Å². The zero-order valence-electron chi connectivity index (χ0n) is 81.1. The molecule has 0 saturated heterocycles. The van der Waals surface area contributed by atoms with Gasteiger partial charge in [-0.3, -0.25) is 0 Å². The molecule has 0 N–H and O–H groups in total. The summed E-state index contributed by atoms with van der Waals surface area (Å²) in [6, 6.07) is 166. The summed E-state index contributed by atoms with van der Waals surface area (Å²) in [5.41, 5.74) is 22.9. The average molecular weight is 1970 g/mol. The molecule has 0 radical (unpaired) electrons. The van der Waals surface area contributed by atoms with Crippen LogP contribution in [0.3, 0.4) is 0 Å². The first-order valence-corrected chi connectivity index (χ1v) is 52.6. The summed E-state index contributed by atoms with van der Waals surface area (Å²) in [6.07, 6.45) is 0. The molecule has 0 aliphatic heterocycles. The van der Waals surface area contributed by atoms with Crippen molar-refractivity contribution in [2.75, 3.05) is 0 Å². The summed E-state index contributed by atoms with van der Waals surface area (Å²) in [7, 11) is 0. The maximum atomic E-state index is 5.34. The van der Waals surface area contributed by atoms with Gasteiger partial charge < -0.3 is 0 Å². The smallest absolute Gasteiger partial charge is 0.164 e. The molecule has 0 unspecified atom stereocenters. The van der Waals surface area contributed by atoms with Crippen molar-refractivity contribution in [3.05, 3.63) is 484 Å². The van der Waals surface area contributed by atoms with Crippen LogP contribution in [0.2, 0.25) is 0 Å². The lowest BCUT2D eigenvalue weighted by atomic mass is 9.82. The van der Waals surface area contributed by atoms with Gasteiger partial charge >= 0.3 is 0 Å². The van der Waals surface area contributed by atoms with E-state index in [4.69, 9.17) is 59.8 Å². The molecule has 0 spiro atoms. The lowest BCUT2D eigenvalue weighted by Crippen LogP contribution is -2.14. The second-order valence-corrected chi connectivity index (χ2v) is 41.6. The van der Waals surface area contributed by atoms with Gasteiger partial charge in [-0.05, 0) is 175 Å². The Labute approximate surface area is 874 Å². The Kier molecular flexibility index (Phi) is 21.9. The Morgan fingerprint density at radius 3 is 1.01 bits per heavy atom. The van der Waals surface area contributed by atoms with Gasteiger partial charge in [0.2, 0.25) is 0 Å². The Bertz CT molecular complexity index is 10300. The Hall–Kier alpha value is -18.9. The normalized spacial score (nSPS) is 12.1. The maximum Gasteiger partial charge on any atom is 0.164 e. The van der Waals surface area contributed by atoms with Crippen molar-refractivity contribution in [1.29, 1.82) is 0 Å². The first kappa shape index (κ1) is 88.8. The molecule has 23 aromatic carbocycles. The first-order valence-electron chi connectivity index (χ1n) is 50.2. The quantitative estimate of drug-likeness (QED) is 0.101. The summed E-state index contributed by atoms with van der Waals surface area (Å²) in [4.78, 5) is 60.6. The van der Waals surface area contributed by atoms with Crippen LogP contribution in [-0.2, 0) is 5.41 Å². The monoisotopic (exact) mass is 1970 g/mol. The van der Waals surface area contributed by atoms with Crippen molar-refractivity contribution in [3.8, 4) is 156 Å². The van der Waals surface area contributed by atoms with E-state index in [1.807, 2.05) is 127 Å². The third kappa shape index (κ3) is 16.2. The molecule has 150 heavy (non-hydrogen) atoms. The summed E-state index contributed by atoms with van der Waals surface area (Å²) in [5.74, 6) is 5.86. The van der Waals surface area contributed by atoms with E-state index >= 15 is 0 Å². The van der Waals surface area contributed by atoms with E-state index in [9.17, 15) is 0 Å². The third-order valence-corrected chi connectivity index (χ3v) is 32.2. The number of benzene rings is 23. The van der Waals surface area contributed by atoms with Crippen molar-refractivity contribution in [3.63, 3.8) is 0 Å². The molecule has 29 aromatic rings. The minimum Gasteiger partial charge on any atom is -0.236 e. The van der Waals surface area contributed by atoms with Gasteiger partial charge in [0.15, 0.2) is 52.4 Å². The van der Waals surface area contributed by atoms with Crippen LogP contribution >= 0.6 is 34.0 Å². The van der Waals surface area contributed by atoms with Gasteiger partial charge in [0.25, 0.3) is 0 Å². The molecule has 15 heteroatoms. The lowest BCUT2D eigenvalue weighted by Gasteiger charge is -2.21. The molecule has 6 heterocycles. The molecule has 0 atom stereocenters. The molecule has 0 bridgehead atoms. The second-order valence-electron chi connectivity index (χ2n) is 38.5. The largest absolute Gasteiger partial charge is 0.236 e. The third-order valence-electron chi connectivity index (χ3n) is 29.0. The summed E-state index contributed by atoms with van der Waals surface area (Å²) in [6.45, 7) is 4.66. The van der Waals surface area contributed by atoms with Crippen LogP contribution in [0.5, 0.6) is 0 Å². The number of hydrogen-bond acceptors (Lipinski definition) is 15. The molecule has 702 valence electrons. The zero-order valence-corrected chi connectivity index (χ0v) is 83.6. The van der Waals surface area contributed by atoms with E-state index in [0.29, 0.717) is 52.4 Å². The molecule has 12 nitrogen and oxygen atoms in total. The molecule has 0 amide bonds. The summed E-state index contributed by atoms with van der Waals surface area (Å²) >= 11 is 5.26. The summed E-state index contributed by atoms with van der Waals surface area (Å²) in [5, 5.41) is 24.1. The van der Waals surface area contributed by atoms with Crippen molar-refractivity contribution in [1.82, 2.24) is 59.8 Å². The van der Waals surface area contributed by atoms with Crippen molar-refractivity contribution >= 4 is 162 Å². The van der Waals surface area contributed by atoms with Gasteiger partial charge in [-0.1, -0.05) is 426 Å². The van der Waals surface area contributed by atoms with Crippen LogP contribution in [0.4, 0.5) is 0 Å². The first-order chi connectivity index (χ1) is 74.0. The number of aromatic nitrogens is 12. The van der Waals surface area contributed by atoms with Crippen LogP contribution in [0.25, 0.3) is 284 Å². The fraction of sp³-hybridized carbons (Fsp3) is 0.0222. The number of thiazole rings is 3. The molecule has 0 fully saturated rings. The van der Waals surface area contributed by atoms with E-state index in [1.54, 1.807) is 34.0 Å². The number of rotatable bonds is 13. The van der Waals surface area contributed by atoms with Gasteiger partial charge in [-0.2, -0.15) is 0 Å². The van der Waals surface area contributed by atoms with Crippen LogP contribution in [0.15, 0.2) is 473 Å². The van der Waals surface area contributed by atoms with Gasteiger partial charge in [-0.25, -0.2) is 59.8 Å². The van der Waals surface area contributed by atoms with Crippen LogP contribution < -0.4 is 0 Å². The van der Waals surface area contributed by atoms with Gasteiger partial charge in [-0.15, -0.1) is 34.0 Å². The second kappa shape index (κ2) is 37.0. The van der Waals surface area contributed by atoms with E-state index in [0.717, 1.165) is 136 Å². The molecule has 30 rings (SSSR count). The number of fused-ring (bicyclic) bond motifs is 21. The SMILES string of the molecule is CC1(C)c2ccccc2-c2ccc(-c3nc4c(ccc5ccc6cc(-c7nc(-c8ccccc8)nc(-c8ccccc8)n7)ccc6c54)s3)cc21.c1ccc(-c2ccc3ccc(-c4nc5c(ccc6ccc7cc(-c8nc(-c9ccccc9)nc(-c9ccccc9)n8)ccc7c65)s4)cc3c2)cc1.c1ccc(-c2nc3ccc4ccc5cc(-c6nc(-c7ccc8ccccc8c7)nc(-c7cccc8ccccc78)n6)ccc5c4c3s2)cc1. The van der Waals surface area contributed by atoms with Crippen LogP contribution in [-0.4, -0.2) is 59.8 Å². The molecule has 1 aliphatic carbocycles. The highest BCUT2D eigenvalue weighted by atomic mass is 32.1. The fourth-order valence-corrected chi connectivity index (χ4v) is 24.5. The Morgan fingerprint density at radius 2 is 0.493 bits per heavy atom. The number of hydrogen-bond donors (Lipinski definition) is 0. The number of nitrogens with zero attached hydrogens (tertiary/aromatic N) is 12. The standard InChI is InChI=1S/C46H28N4S.C45H30N4S.C44H26N4S/c1-4-10-29(11-5-1)34-19-16-30-17-21-37(28-38(30)26-34)46-47-42-40(51-46)25-23-31-18-20-35-27-36(22-24-39(35)41(31)42)45-49-43(32-12-6-2-7-13-32)48-44(50-45)33-14-8-3-9-15-33;1-45(2)36-16-10-9-15-34(36)35-23-20-32(26-37(35)45)44-46-40-38(50-44)24-21-27-17-18-30-25-31(19-22-33(30)39(27)40)43-48-41(28-11-5-3-6-12-28)47-42(49-43)29-13-7-4-8-14-29;1-2-11-30(12-3-1)44-45-38-24-22-29-18-19-32-26-34(21-23-36(32)39(29)40(38)49-44)42-46-41(33-20-17-27-9-4-5-13-31(27)25-33)47-43(48-42)37-16-8-14-28-10-6-7-15-35(28)37/h1-28H;3-26H,1-2H3;1-26H. The molecule has 0 saturated carbocycles. The minimum atomic E-state index is -0.0541. The van der Waals surface area contributed by atoms with Crippen molar-refractivity contribution in [2.24, 2.45) is 0 Å². The minimum absolute atomic E-state index is 0.0541. The van der Waals surface area contributed by atoms with E-state index < -0.39 is 0 Å². The molecule has 1 aliphatic rings. The fourth-order valence-electron chi connectivity index (χ4n) is 21.4. The highest BCUT2D eigenvalue weighted by Gasteiger charge is 2.36. The van der Waals surface area contributed by atoms with E-state index in [2.05, 4.69) is 360 Å². The highest BCUT2D eigenvalue weighted by molar-refractivity contribution is 7.23. The van der Waals surface area contributed by atoms with Gasteiger partial charge in [0, 0.05) is 88.3 Å². The van der Waals surface area contributed by atoms with E-state index in [-0.39, 0.29) is 5.41 Å².